The van der Waals surface area contributed by atoms with Crippen LogP contribution < -0.4 is 10.9 Å². The lowest BCUT2D eigenvalue weighted by molar-refractivity contribution is -0.124. The van der Waals surface area contributed by atoms with Crippen LogP contribution in [0.3, 0.4) is 0 Å². The zero-order valence-corrected chi connectivity index (χ0v) is 20.8. The van der Waals surface area contributed by atoms with Gasteiger partial charge in [-0.15, -0.1) is 0 Å². The van der Waals surface area contributed by atoms with Gasteiger partial charge < -0.3 is 10.1 Å². The molecule has 0 unspecified atom stereocenters. The van der Waals surface area contributed by atoms with Crippen molar-refractivity contribution in [1.29, 1.82) is 0 Å². The lowest BCUT2D eigenvalue weighted by Crippen LogP contribution is -2.39. The van der Waals surface area contributed by atoms with Gasteiger partial charge in [0.1, 0.15) is 15.8 Å². The molecule has 1 amide bonds. The van der Waals surface area contributed by atoms with Gasteiger partial charge in [0.25, 0.3) is 11.5 Å². The summed E-state index contributed by atoms with van der Waals surface area (Å²) < 4.78 is 7.52. The van der Waals surface area contributed by atoms with Crippen LogP contribution >= 0.6 is 24.0 Å². The van der Waals surface area contributed by atoms with Crippen molar-refractivity contribution >= 4 is 51.7 Å². The van der Waals surface area contributed by atoms with Gasteiger partial charge >= 0.3 is 0 Å². The van der Waals surface area contributed by atoms with Crippen molar-refractivity contribution < 1.29 is 9.53 Å². The molecular formula is C24H30N4O3S2. The number of hydrogen-bond donors (Lipinski definition) is 1. The second-order valence-electron chi connectivity index (χ2n) is 8.43. The molecule has 2 aromatic heterocycles. The molecule has 1 saturated heterocycles. The Morgan fingerprint density at radius 2 is 2.06 bits per heavy atom. The molecule has 2 aromatic rings. The van der Waals surface area contributed by atoms with E-state index in [1.54, 1.807) is 17.2 Å². The minimum absolute atomic E-state index is 0.104. The number of carbonyl (C=O) groups excluding carboxylic acids is 1. The van der Waals surface area contributed by atoms with Crippen LogP contribution in [0.5, 0.6) is 0 Å². The number of aryl methyl sites for hydroxylation is 1. The Balaban J connectivity index is 1.68. The van der Waals surface area contributed by atoms with Crippen LogP contribution in [0.1, 0.15) is 56.6 Å². The molecule has 7 nitrogen and oxygen atoms in total. The summed E-state index contributed by atoms with van der Waals surface area (Å²) in [6.07, 6.45) is 9.62. The average Bonchev–Trinajstić information content (AvgIpc) is 3.09. The molecular weight excluding hydrogens is 456 g/mol. The molecule has 1 aliphatic heterocycles. The molecule has 1 N–H and O–H groups in total. The molecule has 9 heteroatoms. The molecule has 0 bridgehead atoms. The van der Waals surface area contributed by atoms with E-state index < -0.39 is 0 Å². The first kappa shape index (κ1) is 23.9. The normalized spacial score (nSPS) is 18.6. The summed E-state index contributed by atoms with van der Waals surface area (Å²) in [7, 11) is 0. The van der Waals surface area contributed by atoms with Crippen molar-refractivity contribution in [2.75, 3.05) is 25.1 Å². The van der Waals surface area contributed by atoms with Crippen molar-refractivity contribution in [2.24, 2.45) is 0 Å². The highest BCUT2D eigenvalue weighted by Gasteiger charge is 2.37. The number of nitrogens with one attached hydrogen (secondary N) is 1. The molecule has 2 fully saturated rings. The molecule has 0 atom stereocenters. The van der Waals surface area contributed by atoms with Crippen LogP contribution in [-0.2, 0) is 9.53 Å². The number of ether oxygens (including phenoxy) is 1. The summed E-state index contributed by atoms with van der Waals surface area (Å²) in [6, 6.07) is 3.91. The van der Waals surface area contributed by atoms with Gasteiger partial charge in [-0.05, 0) is 50.8 Å². The van der Waals surface area contributed by atoms with Crippen molar-refractivity contribution in [1.82, 2.24) is 14.3 Å². The number of thioether (sulfide) groups is 1. The van der Waals surface area contributed by atoms with Gasteiger partial charge in [-0.1, -0.05) is 49.3 Å². The number of hydrogen-bond acceptors (Lipinski definition) is 7. The van der Waals surface area contributed by atoms with E-state index in [9.17, 15) is 9.59 Å². The second-order valence-corrected chi connectivity index (χ2v) is 10.1. The highest BCUT2D eigenvalue weighted by Crippen LogP contribution is 2.37. The van der Waals surface area contributed by atoms with Gasteiger partial charge in [0.2, 0.25) is 0 Å². The third-order valence-corrected chi connectivity index (χ3v) is 7.34. The fourth-order valence-corrected chi connectivity index (χ4v) is 5.70. The molecule has 3 heterocycles. The van der Waals surface area contributed by atoms with E-state index in [1.807, 2.05) is 26.0 Å². The lowest BCUT2D eigenvalue weighted by Gasteiger charge is -2.29. The van der Waals surface area contributed by atoms with Crippen LogP contribution in [0, 0.1) is 6.92 Å². The van der Waals surface area contributed by atoms with Crippen LogP contribution in [0.4, 0.5) is 5.82 Å². The number of carbonyl (C=O) groups is 1. The molecule has 0 aromatic carbocycles. The first-order valence-corrected chi connectivity index (χ1v) is 12.8. The van der Waals surface area contributed by atoms with Gasteiger partial charge in [-0.3, -0.25) is 18.9 Å². The van der Waals surface area contributed by atoms with Crippen LogP contribution in [0.15, 0.2) is 28.0 Å². The van der Waals surface area contributed by atoms with Crippen molar-refractivity contribution in [3.63, 3.8) is 0 Å². The molecule has 0 radical (unpaired) electrons. The maximum Gasteiger partial charge on any atom is 0.267 e. The average molecular weight is 487 g/mol. The van der Waals surface area contributed by atoms with Gasteiger partial charge in [0.15, 0.2) is 0 Å². The molecule has 1 saturated carbocycles. The number of pyridine rings is 1. The summed E-state index contributed by atoms with van der Waals surface area (Å²) in [5.74, 6) is 0.372. The topological polar surface area (TPSA) is 75.9 Å². The summed E-state index contributed by atoms with van der Waals surface area (Å²) in [6.45, 7) is 5.80. The van der Waals surface area contributed by atoms with E-state index >= 15 is 0 Å². The fraction of sp³-hybridized carbons (Fsp3) is 0.500. The highest BCUT2D eigenvalue weighted by atomic mass is 32.2. The molecule has 4 rings (SSSR count). The Morgan fingerprint density at radius 3 is 2.82 bits per heavy atom. The molecule has 2 aliphatic rings. The molecule has 176 valence electrons. The monoisotopic (exact) mass is 486 g/mol. The SMILES string of the molecule is CCOCCCNc1nc2ccc(C)cn2c(=O)c1/C=C1/SC(=S)N(C2CCCCC2)C1=O. The maximum atomic E-state index is 13.4. The van der Waals surface area contributed by atoms with Crippen molar-refractivity contribution in [3.05, 3.63) is 44.7 Å². The zero-order chi connectivity index (χ0) is 23.4. The van der Waals surface area contributed by atoms with Crippen molar-refractivity contribution in [3.8, 4) is 0 Å². The summed E-state index contributed by atoms with van der Waals surface area (Å²) in [5, 5.41) is 3.28. The number of nitrogens with zero attached hydrogens (tertiary/aromatic N) is 3. The molecule has 1 aliphatic carbocycles. The minimum Gasteiger partial charge on any atom is -0.382 e. The number of thiocarbonyl (C=S) groups is 1. The Kier molecular flexibility index (Phi) is 7.82. The van der Waals surface area contributed by atoms with E-state index in [2.05, 4.69) is 10.3 Å². The Morgan fingerprint density at radius 1 is 1.27 bits per heavy atom. The van der Waals surface area contributed by atoms with Crippen molar-refractivity contribution in [2.45, 2.75) is 58.4 Å². The number of fused-ring (bicyclic) bond motifs is 1. The van der Waals surface area contributed by atoms with E-state index in [4.69, 9.17) is 17.0 Å². The number of aromatic nitrogens is 2. The Bertz CT molecular complexity index is 1140. The Hall–Kier alpha value is -2.23. The molecule has 0 spiro atoms. The number of amides is 1. The third-order valence-electron chi connectivity index (χ3n) is 6.01. The maximum absolute atomic E-state index is 13.4. The van der Waals surface area contributed by atoms with Gasteiger partial charge in [-0.25, -0.2) is 4.98 Å². The van der Waals surface area contributed by atoms with E-state index in [-0.39, 0.29) is 17.5 Å². The number of rotatable bonds is 8. The van der Waals surface area contributed by atoms with E-state index in [0.29, 0.717) is 46.0 Å². The number of anilines is 1. The van der Waals surface area contributed by atoms with Crippen LogP contribution in [0.25, 0.3) is 11.7 Å². The largest absolute Gasteiger partial charge is 0.382 e. The van der Waals surface area contributed by atoms with E-state index in [1.165, 1.54) is 22.6 Å². The first-order chi connectivity index (χ1) is 16.0. The van der Waals surface area contributed by atoms with Gasteiger partial charge in [0, 0.05) is 32.0 Å². The third kappa shape index (κ3) is 5.31. The van der Waals surface area contributed by atoms with Crippen LogP contribution in [-0.4, -0.2) is 50.3 Å². The summed E-state index contributed by atoms with van der Waals surface area (Å²) >= 11 is 6.84. The zero-order valence-electron chi connectivity index (χ0n) is 19.1. The predicted octanol–water partition coefficient (Wildman–Crippen LogP) is 4.38. The Labute approximate surface area is 203 Å². The highest BCUT2D eigenvalue weighted by molar-refractivity contribution is 8.26. The lowest BCUT2D eigenvalue weighted by atomic mass is 9.94. The van der Waals surface area contributed by atoms with Gasteiger partial charge in [-0.2, -0.15) is 0 Å². The van der Waals surface area contributed by atoms with Crippen LogP contribution in [0.2, 0.25) is 0 Å². The predicted molar refractivity (Wildman–Crippen MR) is 138 cm³/mol. The smallest absolute Gasteiger partial charge is 0.267 e. The van der Waals surface area contributed by atoms with E-state index in [0.717, 1.165) is 37.7 Å². The summed E-state index contributed by atoms with van der Waals surface area (Å²) in [5.41, 5.74) is 1.68. The molecule has 33 heavy (non-hydrogen) atoms. The quantitative estimate of drug-likeness (QED) is 0.337. The summed E-state index contributed by atoms with van der Waals surface area (Å²) in [4.78, 5) is 33.6. The fourth-order valence-electron chi connectivity index (χ4n) is 4.31. The van der Waals surface area contributed by atoms with Gasteiger partial charge in [0.05, 0.1) is 10.5 Å². The second kappa shape index (κ2) is 10.8. The first-order valence-electron chi connectivity index (χ1n) is 11.6. The minimum atomic E-state index is -0.209. The standard InChI is InChI=1S/C24H30N4O3S2/c1-3-31-13-7-12-25-21-18(22(29)27-15-16(2)10-11-20(27)26-21)14-19-23(30)28(24(32)33-19)17-8-5-4-6-9-17/h10-11,14-15,17,25H,3-9,12-13H2,1-2H3/b19-14+.